The normalized spacial score (nSPS) is 36.6. The van der Waals surface area contributed by atoms with Crippen molar-refractivity contribution in [3.8, 4) is 0 Å². The molecular weight excluding hydrogens is 516 g/mol. The van der Waals surface area contributed by atoms with Gasteiger partial charge in [-0.25, -0.2) is 0 Å². The Labute approximate surface area is 260 Å². The van der Waals surface area contributed by atoms with Crippen LogP contribution in [0, 0.1) is 46.3 Å². The van der Waals surface area contributed by atoms with Crippen LogP contribution in [0.4, 0.5) is 0 Å². The van der Waals surface area contributed by atoms with E-state index in [1.807, 2.05) is 0 Å². The molecule has 0 heterocycles. The first-order valence-electron chi connectivity index (χ1n) is 18.7. The molecular formula is C39H68O3. The van der Waals surface area contributed by atoms with E-state index in [0.717, 1.165) is 49.4 Å². The highest BCUT2D eigenvalue weighted by atomic mass is 16.5. The van der Waals surface area contributed by atoms with Gasteiger partial charge in [-0.3, -0.25) is 4.79 Å². The zero-order valence-electron chi connectivity index (χ0n) is 28.6. The molecule has 0 bridgehead atoms. The van der Waals surface area contributed by atoms with Crippen molar-refractivity contribution in [3.63, 3.8) is 0 Å². The number of aliphatic hydroxyl groups is 1. The van der Waals surface area contributed by atoms with Crippen molar-refractivity contribution in [1.82, 2.24) is 0 Å². The van der Waals surface area contributed by atoms with E-state index < -0.39 is 0 Å². The molecule has 4 aliphatic carbocycles. The van der Waals surface area contributed by atoms with E-state index in [1.54, 1.807) is 0 Å². The lowest BCUT2D eigenvalue weighted by Gasteiger charge is -2.60. The molecule has 3 fully saturated rings. The van der Waals surface area contributed by atoms with Gasteiger partial charge in [0.15, 0.2) is 0 Å². The summed E-state index contributed by atoms with van der Waals surface area (Å²) in [7, 11) is 0. The van der Waals surface area contributed by atoms with Crippen LogP contribution < -0.4 is 0 Å². The third kappa shape index (κ3) is 7.69. The number of fused-ring (bicyclic) bond motifs is 5. The molecule has 9 atom stereocenters. The highest BCUT2D eigenvalue weighted by molar-refractivity contribution is 5.69. The second-order valence-electron chi connectivity index (χ2n) is 16.3. The number of esters is 1. The molecule has 1 N–H and O–H groups in total. The summed E-state index contributed by atoms with van der Waals surface area (Å²) in [6.45, 7) is 14.6. The molecule has 0 amide bonds. The summed E-state index contributed by atoms with van der Waals surface area (Å²) < 4.78 is 6.37. The monoisotopic (exact) mass is 585 g/mol. The lowest BCUT2D eigenvalue weighted by atomic mass is 9.46. The van der Waals surface area contributed by atoms with Gasteiger partial charge in [0, 0.05) is 18.3 Å². The summed E-state index contributed by atoms with van der Waals surface area (Å²) >= 11 is 0. The fraction of sp³-hybridized carbons (Fsp3) is 0.923. The van der Waals surface area contributed by atoms with Gasteiger partial charge in [-0.15, -0.1) is 0 Å². The van der Waals surface area contributed by atoms with Crippen molar-refractivity contribution in [2.45, 2.75) is 182 Å². The van der Waals surface area contributed by atoms with Crippen LogP contribution in [0.5, 0.6) is 0 Å². The van der Waals surface area contributed by atoms with Gasteiger partial charge in [0.2, 0.25) is 0 Å². The van der Waals surface area contributed by atoms with Crippen LogP contribution in [0.15, 0.2) is 11.6 Å². The molecule has 242 valence electrons. The number of carbonyl (C=O) groups is 1. The number of hydrogen-bond acceptors (Lipinski definition) is 3. The maximum absolute atomic E-state index is 13.2. The lowest BCUT2D eigenvalue weighted by molar-refractivity contribution is -0.169. The maximum atomic E-state index is 13.2. The van der Waals surface area contributed by atoms with E-state index in [2.05, 4.69) is 47.6 Å². The van der Waals surface area contributed by atoms with Gasteiger partial charge < -0.3 is 9.84 Å². The Morgan fingerprint density at radius 1 is 0.929 bits per heavy atom. The average Bonchev–Trinajstić information content (AvgIpc) is 3.30. The smallest absolute Gasteiger partial charge is 0.306 e. The van der Waals surface area contributed by atoms with Crippen LogP contribution in [0.1, 0.15) is 170 Å². The van der Waals surface area contributed by atoms with Crippen molar-refractivity contribution in [2.24, 2.45) is 46.3 Å². The second kappa shape index (κ2) is 15.4. The van der Waals surface area contributed by atoms with Gasteiger partial charge >= 0.3 is 5.97 Å². The topological polar surface area (TPSA) is 46.5 Å². The minimum absolute atomic E-state index is 0.0310. The molecule has 0 spiro atoms. The Morgan fingerprint density at radius 3 is 2.31 bits per heavy atom. The van der Waals surface area contributed by atoms with Gasteiger partial charge in [-0.05, 0) is 85.9 Å². The summed E-state index contributed by atoms with van der Waals surface area (Å²) in [6, 6.07) is 0. The number of carbonyl (C=O) groups excluding carboxylic acids is 1. The Morgan fingerprint density at radius 2 is 1.62 bits per heavy atom. The average molecular weight is 585 g/mol. The van der Waals surface area contributed by atoms with Gasteiger partial charge in [-0.2, -0.15) is 0 Å². The predicted molar refractivity (Wildman–Crippen MR) is 176 cm³/mol. The maximum Gasteiger partial charge on any atom is 0.306 e. The van der Waals surface area contributed by atoms with Crippen LogP contribution in [0.25, 0.3) is 0 Å². The molecule has 3 heteroatoms. The van der Waals surface area contributed by atoms with Crippen molar-refractivity contribution < 1.29 is 14.6 Å². The van der Waals surface area contributed by atoms with E-state index in [0.29, 0.717) is 30.1 Å². The first-order valence-corrected chi connectivity index (χ1v) is 18.7. The van der Waals surface area contributed by atoms with Gasteiger partial charge in [-0.1, -0.05) is 124 Å². The molecule has 0 aromatic rings. The van der Waals surface area contributed by atoms with E-state index in [-0.39, 0.29) is 23.6 Å². The molecule has 42 heavy (non-hydrogen) atoms. The number of unbranched alkanes of at least 4 members (excludes halogenated alkanes) is 8. The number of aliphatic hydroxyl groups excluding tert-OH is 1. The van der Waals surface area contributed by atoms with E-state index in [9.17, 15) is 9.90 Å². The zero-order chi connectivity index (χ0) is 30.3. The molecule has 0 saturated heterocycles. The lowest BCUT2D eigenvalue weighted by Crippen LogP contribution is -2.56. The van der Waals surface area contributed by atoms with E-state index >= 15 is 0 Å². The van der Waals surface area contributed by atoms with Crippen LogP contribution in [0.2, 0.25) is 0 Å². The van der Waals surface area contributed by atoms with Crippen molar-refractivity contribution in [1.29, 1.82) is 0 Å². The Kier molecular flexibility index (Phi) is 12.5. The summed E-state index contributed by atoms with van der Waals surface area (Å²) in [5.41, 5.74) is 1.73. The highest BCUT2D eigenvalue weighted by Gasteiger charge is 2.61. The number of allylic oxidation sites excluding steroid dienone is 1. The highest BCUT2D eigenvalue weighted by Crippen LogP contribution is 2.67. The second-order valence-corrected chi connectivity index (χ2v) is 16.3. The van der Waals surface area contributed by atoms with E-state index in [4.69, 9.17) is 4.74 Å². The Hall–Kier alpha value is -0.830. The molecule has 4 aliphatic rings. The van der Waals surface area contributed by atoms with Crippen molar-refractivity contribution in [3.05, 3.63) is 11.6 Å². The predicted octanol–water partition coefficient (Wildman–Crippen LogP) is 10.8. The minimum Gasteiger partial charge on any atom is -0.461 e. The Bertz CT molecular complexity index is 877. The zero-order valence-corrected chi connectivity index (χ0v) is 28.6. The standard InChI is InChI=1S/C39H68O3/c1-7-8-9-10-11-12-13-14-15-19-37(41)42-36-27-31(40)26-30-20-21-32-34-23-22-33(29(4)18-16-17-28(2)3)38(34,5)25-24-35(32)39(30,36)6/h20,28-29,31-36,40H,7-19,21-27H2,1-6H3/t29-,31-,32+,33-,34+,35+,36?,38-,39+/m1/s1. The van der Waals surface area contributed by atoms with Crippen LogP contribution in [-0.4, -0.2) is 23.3 Å². The van der Waals surface area contributed by atoms with Crippen LogP contribution >= 0.6 is 0 Å². The third-order valence-corrected chi connectivity index (χ3v) is 13.1. The molecule has 4 rings (SSSR count). The molecule has 3 saturated carbocycles. The summed E-state index contributed by atoms with van der Waals surface area (Å²) in [5, 5.41) is 10.9. The third-order valence-electron chi connectivity index (χ3n) is 13.1. The molecule has 0 radical (unpaired) electrons. The summed E-state index contributed by atoms with van der Waals surface area (Å²) in [6.07, 6.45) is 25.8. The van der Waals surface area contributed by atoms with E-state index in [1.165, 1.54) is 95.5 Å². The van der Waals surface area contributed by atoms with Crippen LogP contribution in [-0.2, 0) is 9.53 Å². The van der Waals surface area contributed by atoms with Crippen LogP contribution in [0.3, 0.4) is 0 Å². The summed E-state index contributed by atoms with van der Waals surface area (Å²) in [5.74, 6) is 4.50. The number of hydrogen-bond donors (Lipinski definition) is 1. The quantitative estimate of drug-likeness (QED) is 0.111. The molecule has 3 nitrogen and oxygen atoms in total. The molecule has 0 aliphatic heterocycles. The first kappa shape index (κ1) is 34.1. The van der Waals surface area contributed by atoms with Gasteiger partial charge in [0.25, 0.3) is 0 Å². The number of ether oxygens (including phenoxy) is 1. The Balaban J connectivity index is 1.35. The number of rotatable bonds is 16. The largest absolute Gasteiger partial charge is 0.461 e. The fourth-order valence-corrected chi connectivity index (χ4v) is 10.7. The fourth-order valence-electron chi connectivity index (χ4n) is 10.7. The van der Waals surface area contributed by atoms with Gasteiger partial charge in [0.1, 0.15) is 6.10 Å². The van der Waals surface area contributed by atoms with Gasteiger partial charge in [0.05, 0.1) is 6.10 Å². The van der Waals surface area contributed by atoms with Crippen molar-refractivity contribution >= 4 is 5.97 Å². The molecule has 0 aromatic carbocycles. The first-order chi connectivity index (χ1) is 20.1. The van der Waals surface area contributed by atoms with Crippen molar-refractivity contribution in [2.75, 3.05) is 0 Å². The summed E-state index contributed by atoms with van der Waals surface area (Å²) in [4.78, 5) is 13.2. The molecule has 1 unspecified atom stereocenters. The minimum atomic E-state index is -0.386. The molecule has 0 aromatic heterocycles. The SMILES string of the molecule is CCCCCCCCCCCC(=O)OC1C[C@H](O)CC2=CC[C@H]3[C@@H]4CC[C@H]([C@H](C)CCCC(C)C)[C@@]4(C)CC[C@@H]3[C@]21C.